The number of ketones is 1. The summed E-state index contributed by atoms with van der Waals surface area (Å²) in [5, 5.41) is 11.5. The first-order chi connectivity index (χ1) is 15.1. The Morgan fingerprint density at radius 1 is 1.16 bits per heavy atom. The molecule has 1 fully saturated rings. The van der Waals surface area contributed by atoms with Gasteiger partial charge in [0.1, 0.15) is 11.5 Å². The summed E-state index contributed by atoms with van der Waals surface area (Å²) < 4.78 is 5.25. The lowest BCUT2D eigenvalue weighted by atomic mass is 9.93. The normalized spacial score (nSPS) is 18.1. The number of amides is 1. The highest BCUT2D eigenvalue weighted by atomic mass is 35.5. The van der Waals surface area contributed by atoms with Gasteiger partial charge in [0.25, 0.3) is 11.7 Å². The Bertz CT molecular complexity index is 1040. The molecule has 1 N–H and O–H groups in total. The van der Waals surface area contributed by atoms with Gasteiger partial charge in [-0.3, -0.25) is 9.59 Å². The van der Waals surface area contributed by atoms with Gasteiger partial charge >= 0.3 is 0 Å². The highest BCUT2D eigenvalue weighted by Crippen LogP contribution is 2.40. The lowest BCUT2D eigenvalue weighted by Gasteiger charge is -2.27. The highest BCUT2D eigenvalue weighted by molar-refractivity contribution is 6.46. The first kappa shape index (κ1) is 23.8. The van der Waals surface area contributed by atoms with E-state index < -0.39 is 17.7 Å². The Morgan fingerprint density at radius 3 is 2.38 bits per heavy atom. The first-order valence-corrected chi connectivity index (χ1v) is 10.9. The quantitative estimate of drug-likeness (QED) is 0.378. The number of rotatable bonds is 7. The fourth-order valence-corrected chi connectivity index (χ4v) is 3.99. The van der Waals surface area contributed by atoms with E-state index in [9.17, 15) is 14.7 Å². The van der Waals surface area contributed by atoms with Gasteiger partial charge in [-0.25, -0.2) is 0 Å². The van der Waals surface area contributed by atoms with Gasteiger partial charge in [-0.2, -0.15) is 0 Å². The molecule has 2 aromatic carbocycles. The summed E-state index contributed by atoms with van der Waals surface area (Å²) in [6, 6.07) is 11.9. The van der Waals surface area contributed by atoms with E-state index in [0.717, 1.165) is 11.1 Å². The van der Waals surface area contributed by atoms with Crippen LogP contribution in [0.4, 0.5) is 0 Å². The number of halogens is 1. The zero-order valence-electron chi connectivity index (χ0n) is 19.1. The molecule has 0 aromatic heterocycles. The smallest absolute Gasteiger partial charge is 0.295 e. The molecule has 1 unspecified atom stereocenters. The van der Waals surface area contributed by atoms with Crippen molar-refractivity contribution in [2.75, 3.05) is 34.3 Å². The molecule has 1 atom stereocenters. The number of aliphatic hydroxyl groups is 1. The second-order valence-electron chi connectivity index (χ2n) is 8.47. The van der Waals surface area contributed by atoms with Crippen molar-refractivity contribution >= 4 is 29.1 Å². The van der Waals surface area contributed by atoms with Gasteiger partial charge in [-0.1, -0.05) is 49.7 Å². The van der Waals surface area contributed by atoms with Crippen molar-refractivity contribution in [1.29, 1.82) is 0 Å². The molecule has 3 rings (SSSR count). The molecule has 6 nitrogen and oxygen atoms in total. The number of benzene rings is 2. The van der Waals surface area contributed by atoms with Crippen molar-refractivity contribution in [3.63, 3.8) is 0 Å². The second-order valence-corrected chi connectivity index (χ2v) is 8.87. The molecule has 170 valence electrons. The van der Waals surface area contributed by atoms with Crippen molar-refractivity contribution in [2.45, 2.75) is 25.8 Å². The monoisotopic (exact) mass is 456 g/mol. The van der Waals surface area contributed by atoms with Crippen LogP contribution in [0.2, 0.25) is 5.02 Å². The van der Waals surface area contributed by atoms with Crippen LogP contribution in [0.3, 0.4) is 0 Å². The zero-order valence-corrected chi connectivity index (χ0v) is 19.8. The maximum Gasteiger partial charge on any atom is 0.295 e. The van der Waals surface area contributed by atoms with Crippen LogP contribution in [-0.4, -0.2) is 60.9 Å². The Kier molecular flexibility index (Phi) is 7.26. The molecule has 1 aliphatic heterocycles. The number of likely N-dealkylation sites (tertiary alicyclic amines) is 1. The van der Waals surface area contributed by atoms with E-state index in [1.807, 2.05) is 43.3 Å². The van der Waals surface area contributed by atoms with Gasteiger partial charge in [0.05, 0.1) is 23.7 Å². The van der Waals surface area contributed by atoms with Crippen LogP contribution in [0.15, 0.2) is 48.0 Å². The summed E-state index contributed by atoms with van der Waals surface area (Å²) in [7, 11) is 5.29. The summed E-state index contributed by atoms with van der Waals surface area (Å²) in [5.41, 5.74) is 2.35. The number of aliphatic hydroxyl groups excluding tert-OH is 1. The van der Waals surface area contributed by atoms with E-state index >= 15 is 0 Å². The number of methoxy groups -OCH3 is 1. The third-order valence-electron chi connectivity index (χ3n) is 5.67. The van der Waals surface area contributed by atoms with Gasteiger partial charge in [0.2, 0.25) is 0 Å². The lowest BCUT2D eigenvalue weighted by Crippen LogP contribution is -2.35. The molecule has 2 aromatic rings. The number of ether oxygens (including phenoxy) is 1. The van der Waals surface area contributed by atoms with Crippen LogP contribution in [-0.2, 0) is 9.59 Å². The minimum absolute atomic E-state index is 0.0652. The number of hydrogen-bond donors (Lipinski definition) is 1. The molecule has 0 saturated carbocycles. The Morgan fingerprint density at radius 2 is 1.81 bits per heavy atom. The zero-order chi connectivity index (χ0) is 23.6. The summed E-state index contributed by atoms with van der Waals surface area (Å²) in [6.45, 7) is 5.15. The fourth-order valence-electron chi connectivity index (χ4n) is 3.79. The van der Waals surface area contributed by atoms with Crippen molar-refractivity contribution in [3.8, 4) is 5.75 Å². The van der Waals surface area contributed by atoms with Crippen LogP contribution < -0.4 is 4.74 Å². The summed E-state index contributed by atoms with van der Waals surface area (Å²) in [4.78, 5) is 29.5. The van der Waals surface area contributed by atoms with Gasteiger partial charge in [0, 0.05) is 18.7 Å². The molecule has 0 spiro atoms. The SMILES string of the molecule is COc1cc(/C(O)=C2/C(=O)C(=O)N(CCN(C)C)C2c2ccc(C(C)C)cc2)ccc1Cl. The topological polar surface area (TPSA) is 70.1 Å². The number of hydrogen-bond acceptors (Lipinski definition) is 5. The predicted octanol–water partition coefficient (Wildman–Crippen LogP) is 4.46. The van der Waals surface area contributed by atoms with E-state index in [1.54, 1.807) is 18.2 Å². The van der Waals surface area contributed by atoms with Crippen molar-refractivity contribution in [3.05, 3.63) is 69.8 Å². The van der Waals surface area contributed by atoms with E-state index in [4.69, 9.17) is 16.3 Å². The van der Waals surface area contributed by atoms with Crippen LogP contribution in [0.1, 0.15) is 42.5 Å². The predicted molar refractivity (Wildman–Crippen MR) is 126 cm³/mol. The Balaban J connectivity index is 2.15. The molecule has 0 radical (unpaired) electrons. The third kappa shape index (κ3) is 4.66. The van der Waals surface area contributed by atoms with Crippen molar-refractivity contribution in [1.82, 2.24) is 9.80 Å². The molecule has 1 aliphatic rings. The van der Waals surface area contributed by atoms with Crippen LogP contribution in [0.25, 0.3) is 5.76 Å². The van der Waals surface area contributed by atoms with Crippen LogP contribution in [0.5, 0.6) is 5.75 Å². The molecular weight excluding hydrogens is 428 g/mol. The molecule has 7 heteroatoms. The van der Waals surface area contributed by atoms with Gasteiger partial charge < -0.3 is 19.6 Å². The number of carbonyl (C=O) groups excluding carboxylic acids is 2. The van der Waals surface area contributed by atoms with Gasteiger partial charge in [-0.05, 0) is 49.3 Å². The fraction of sp³-hybridized carbons (Fsp3) is 0.360. The average Bonchev–Trinajstić information content (AvgIpc) is 3.02. The molecule has 1 amide bonds. The van der Waals surface area contributed by atoms with E-state index in [-0.39, 0.29) is 11.3 Å². The molecule has 1 heterocycles. The number of likely N-dealkylation sites (N-methyl/N-ethyl adjacent to an activating group) is 1. The van der Waals surface area contributed by atoms with E-state index in [1.165, 1.54) is 12.0 Å². The largest absolute Gasteiger partial charge is 0.507 e. The molecular formula is C25H29ClN2O4. The molecule has 1 saturated heterocycles. The van der Waals surface area contributed by atoms with Crippen molar-refractivity contribution < 1.29 is 19.4 Å². The summed E-state index contributed by atoms with van der Waals surface area (Å²) in [5.74, 6) is -0.843. The maximum atomic E-state index is 13.1. The third-order valence-corrected chi connectivity index (χ3v) is 5.98. The van der Waals surface area contributed by atoms with E-state index in [0.29, 0.717) is 35.3 Å². The molecule has 0 bridgehead atoms. The Labute approximate surface area is 194 Å². The Hall–Kier alpha value is -2.83. The summed E-state index contributed by atoms with van der Waals surface area (Å²) >= 11 is 6.11. The molecule has 0 aliphatic carbocycles. The number of carbonyl (C=O) groups is 2. The maximum absolute atomic E-state index is 13.1. The lowest BCUT2D eigenvalue weighted by molar-refractivity contribution is -0.140. The van der Waals surface area contributed by atoms with Crippen molar-refractivity contribution in [2.24, 2.45) is 0 Å². The second kappa shape index (κ2) is 9.76. The molecule has 32 heavy (non-hydrogen) atoms. The minimum atomic E-state index is -0.701. The highest BCUT2D eigenvalue weighted by Gasteiger charge is 2.45. The van der Waals surface area contributed by atoms with E-state index in [2.05, 4.69) is 13.8 Å². The van der Waals surface area contributed by atoms with Gasteiger partial charge in [-0.15, -0.1) is 0 Å². The summed E-state index contributed by atoms with van der Waals surface area (Å²) in [6.07, 6.45) is 0. The standard InChI is InChI=1S/C25H29ClN2O4/c1-15(2)16-6-8-17(9-7-16)22-21(24(30)25(31)28(22)13-12-27(3)4)23(29)18-10-11-19(26)20(14-18)32-5/h6-11,14-15,22,29H,12-13H2,1-5H3/b23-21-. The number of nitrogens with zero attached hydrogens (tertiary/aromatic N) is 2. The minimum Gasteiger partial charge on any atom is -0.507 e. The van der Waals surface area contributed by atoms with Crippen LogP contribution in [0, 0.1) is 0 Å². The first-order valence-electron chi connectivity index (χ1n) is 10.5. The van der Waals surface area contributed by atoms with Crippen LogP contribution >= 0.6 is 11.6 Å². The number of Topliss-reactive ketones (excluding diaryl/α,β-unsaturated/α-hetero) is 1. The van der Waals surface area contributed by atoms with Gasteiger partial charge in [0.15, 0.2) is 0 Å². The average molecular weight is 457 g/mol.